The Morgan fingerprint density at radius 2 is 1.80 bits per heavy atom. The largest absolute Gasteiger partial charge is 0.264 e. The van der Waals surface area contributed by atoms with Crippen LogP contribution in [0.4, 0.5) is 5.95 Å². The first-order valence-corrected chi connectivity index (χ1v) is 9.37. The first kappa shape index (κ1) is 17.2. The first-order chi connectivity index (χ1) is 11.8. The van der Waals surface area contributed by atoms with E-state index in [-0.39, 0.29) is 10.8 Å². The van der Waals surface area contributed by atoms with E-state index in [2.05, 4.69) is 20.9 Å². The number of hydrogen-bond donors (Lipinski definition) is 1. The molecule has 0 bridgehead atoms. The minimum atomic E-state index is -3.72. The maximum atomic E-state index is 12.5. The van der Waals surface area contributed by atoms with Crippen molar-refractivity contribution >= 4 is 16.0 Å². The van der Waals surface area contributed by atoms with Crippen molar-refractivity contribution < 1.29 is 8.42 Å². The van der Waals surface area contributed by atoms with E-state index in [9.17, 15) is 8.42 Å². The van der Waals surface area contributed by atoms with Crippen LogP contribution < -0.4 is 4.72 Å². The number of hydrogen-bond acceptors (Lipinski definition) is 4. The molecule has 2 aromatic carbocycles. The van der Waals surface area contributed by atoms with Gasteiger partial charge in [0, 0.05) is 0 Å². The van der Waals surface area contributed by atoms with E-state index in [1.165, 1.54) is 6.33 Å². The van der Waals surface area contributed by atoms with E-state index in [1.54, 1.807) is 23.7 Å². The summed E-state index contributed by atoms with van der Waals surface area (Å²) in [7, 11) is -3.72. The maximum absolute atomic E-state index is 12.5. The van der Waals surface area contributed by atoms with Gasteiger partial charge in [-0.2, -0.15) is 4.98 Å². The van der Waals surface area contributed by atoms with Crippen LogP contribution in [0.3, 0.4) is 0 Å². The zero-order chi connectivity index (χ0) is 18.0. The van der Waals surface area contributed by atoms with Crippen molar-refractivity contribution in [3.8, 4) is 0 Å². The van der Waals surface area contributed by atoms with Gasteiger partial charge >= 0.3 is 0 Å². The highest BCUT2D eigenvalue weighted by Gasteiger charge is 2.18. The van der Waals surface area contributed by atoms with E-state index < -0.39 is 10.0 Å². The van der Waals surface area contributed by atoms with Crippen molar-refractivity contribution in [2.75, 3.05) is 4.72 Å². The maximum Gasteiger partial charge on any atom is 0.264 e. The quantitative estimate of drug-likeness (QED) is 0.762. The third-order valence-corrected chi connectivity index (χ3v) is 5.30. The molecule has 0 aliphatic rings. The molecule has 3 aromatic rings. The predicted molar refractivity (Wildman–Crippen MR) is 97.0 cm³/mol. The lowest BCUT2D eigenvalue weighted by Gasteiger charge is -2.08. The second kappa shape index (κ2) is 6.68. The minimum Gasteiger partial charge on any atom is -0.246 e. The van der Waals surface area contributed by atoms with Gasteiger partial charge in [0.25, 0.3) is 16.0 Å². The molecule has 6 nitrogen and oxygen atoms in total. The summed E-state index contributed by atoms with van der Waals surface area (Å²) in [6.07, 6.45) is 1.52. The monoisotopic (exact) mass is 356 g/mol. The summed E-state index contributed by atoms with van der Waals surface area (Å²) in [6, 6.07) is 13.2. The molecular formula is C18H20N4O2S. The lowest BCUT2D eigenvalue weighted by atomic mass is 10.1. The fourth-order valence-electron chi connectivity index (χ4n) is 2.69. The fourth-order valence-corrected chi connectivity index (χ4v) is 3.86. The summed E-state index contributed by atoms with van der Waals surface area (Å²) >= 11 is 0. The Morgan fingerprint density at radius 1 is 1.04 bits per heavy atom. The van der Waals surface area contributed by atoms with Gasteiger partial charge in [-0.1, -0.05) is 47.5 Å². The summed E-state index contributed by atoms with van der Waals surface area (Å²) in [5.41, 5.74) is 3.94. The number of sulfonamides is 1. The molecule has 0 aliphatic carbocycles. The zero-order valence-electron chi connectivity index (χ0n) is 14.4. The topological polar surface area (TPSA) is 76.9 Å². The van der Waals surface area contributed by atoms with Gasteiger partial charge in [-0.25, -0.2) is 17.8 Å². The third-order valence-electron chi connectivity index (χ3n) is 3.81. The Morgan fingerprint density at radius 3 is 2.52 bits per heavy atom. The van der Waals surface area contributed by atoms with Gasteiger partial charge in [-0.15, -0.1) is 5.10 Å². The minimum absolute atomic E-state index is 0.0626. The third kappa shape index (κ3) is 4.06. The molecule has 7 heteroatoms. The van der Waals surface area contributed by atoms with E-state index >= 15 is 0 Å². The molecule has 0 aliphatic heterocycles. The Balaban J connectivity index is 1.78. The average Bonchev–Trinajstić information content (AvgIpc) is 2.93. The van der Waals surface area contributed by atoms with Gasteiger partial charge in [0.1, 0.15) is 6.33 Å². The first-order valence-electron chi connectivity index (χ1n) is 7.88. The van der Waals surface area contributed by atoms with E-state index in [4.69, 9.17) is 0 Å². The summed E-state index contributed by atoms with van der Waals surface area (Å²) in [6.45, 7) is 6.24. The Kier molecular flexibility index (Phi) is 4.59. The average molecular weight is 356 g/mol. The van der Waals surface area contributed by atoms with E-state index in [1.807, 2.05) is 38.1 Å². The molecule has 0 saturated carbocycles. The van der Waals surface area contributed by atoms with Crippen LogP contribution in [0, 0.1) is 20.8 Å². The lowest BCUT2D eigenvalue weighted by molar-refractivity contribution is 0.600. The summed E-state index contributed by atoms with van der Waals surface area (Å²) in [5.74, 6) is 0.0626. The number of benzene rings is 2. The molecule has 0 radical (unpaired) electrons. The van der Waals surface area contributed by atoms with Crippen LogP contribution in [0.25, 0.3) is 0 Å². The van der Waals surface area contributed by atoms with Crippen molar-refractivity contribution in [2.24, 2.45) is 0 Å². The molecule has 0 spiro atoms. The molecule has 0 saturated heterocycles. The van der Waals surface area contributed by atoms with Gasteiger partial charge in [0.2, 0.25) is 0 Å². The fraction of sp³-hybridized carbons (Fsp3) is 0.222. The van der Waals surface area contributed by atoms with Crippen LogP contribution >= 0.6 is 0 Å². The second-order valence-electron chi connectivity index (χ2n) is 6.13. The molecule has 1 heterocycles. The molecule has 25 heavy (non-hydrogen) atoms. The number of aromatic nitrogens is 3. The molecule has 3 rings (SSSR count). The Bertz CT molecular complexity index is 1010. The summed E-state index contributed by atoms with van der Waals surface area (Å²) in [5, 5.41) is 4.21. The molecule has 0 amide bonds. The molecule has 0 unspecified atom stereocenters. The highest BCUT2D eigenvalue weighted by Crippen LogP contribution is 2.18. The normalized spacial score (nSPS) is 11.5. The van der Waals surface area contributed by atoms with E-state index in [0.717, 1.165) is 16.7 Å². The van der Waals surface area contributed by atoms with Crippen LogP contribution in [0.5, 0.6) is 0 Å². The number of nitrogens with one attached hydrogen (secondary N) is 1. The summed E-state index contributed by atoms with van der Waals surface area (Å²) < 4.78 is 29.1. The molecule has 1 aromatic heterocycles. The van der Waals surface area contributed by atoms with Gasteiger partial charge in [-0.3, -0.25) is 0 Å². The smallest absolute Gasteiger partial charge is 0.246 e. The molecule has 0 fully saturated rings. The standard InChI is InChI=1S/C18H20N4O2S/c1-13-5-4-6-16(10-13)11-22-12-19-18(20-22)21-25(23,24)17-8-7-14(2)9-15(17)3/h4-10,12H,11H2,1-3H3,(H,20,21). The van der Waals surface area contributed by atoms with Gasteiger partial charge < -0.3 is 0 Å². The van der Waals surface area contributed by atoms with Crippen molar-refractivity contribution in [3.05, 3.63) is 71.0 Å². The van der Waals surface area contributed by atoms with Crippen LogP contribution in [0.15, 0.2) is 53.7 Å². The molecular weight excluding hydrogens is 336 g/mol. The SMILES string of the molecule is Cc1cccc(Cn2cnc(NS(=O)(=O)c3ccc(C)cc3C)n2)c1. The van der Waals surface area contributed by atoms with Crippen molar-refractivity contribution in [1.29, 1.82) is 0 Å². The van der Waals surface area contributed by atoms with E-state index in [0.29, 0.717) is 12.1 Å². The van der Waals surface area contributed by atoms with Crippen LogP contribution in [-0.4, -0.2) is 23.2 Å². The second-order valence-corrected chi connectivity index (χ2v) is 7.78. The summed E-state index contributed by atoms with van der Waals surface area (Å²) in [4.78, 5) is 4.28. The van der Waals surface area contributed by atoms with Crippen LogP contribution in [0.1, 0.15) is 22.3 Å². The molecule has 1 N–H and O–H groups in total. The van der Waals surface area contributed by atoms with Crippen molar-refractivity contribution in [2.45, 2.75) is 32.2 Å². The van der Waals surface area contributed by atoms with Crippen LogP contribution in [0.2, 0.25) is 0 Å². The number of rotatable bonds is 5. The molecule has 0 atom stereocenters. The van der Waals surface area contributed by atoms with Crippen LogP contribution in [-0.2, 0) is 16.6 Å². The number of nitrogens with zero attached hydrogens (tertiary/aromatic N) is 3. The van der Waals surface area contributed by atoms with Gasteiger partial charge in [-0.05, 0) is 38.0 Å². The number of anilines is 1. The highest BCUT2D eigenvalue weighted by atomic mass is 32.2. The Labute approximate surface area is 147 Å². The van der Waals surface area contributed by atoms with Gasteiger partial charge in [0.15, 0.2) is 0 Å². The molecule has 130 valence electrons. The highest BCUT2D eigenvalue weighted by molar-refractivity contribution is 7.92. The van der Waals surface area contributed by atoms with Crippen molar-refractivity contribution in [3.63, 3.8) is 0 Å². The zero-order valence-corrected chi connectivity index (χ0v) is 15.2. The van der Waals surface area contributed by atoms with Crippen molar-refractivity contribution in [1.82, 2.24) is 14.8 Å². The Hall–Kier alpha value is -2.67. The number of aryl methyl sites for hydroxylation is 3. The predicted octanol–water partition coefficient (Wildman–Crippen LogP) is 3.05. The van der Waals surface area contributed by atoms with Gasteiger partial charge in [0.05, 0.1) is 11.4 Å². The lowest BCUT2D eigenvalue weighted by Crippen LogP contribution is -2.15.